The Morgan fingerprint density at radius 1 is 1.25 bits per heavy atom. The molecular weight excluding hydrogens is 384 g/mol. The maximum Gasteiger partial charge on any atom is 0.336 e. The number of ether oxygens (including phenoxy) is 1. The number of sulfone groups is 1. The standard InChI is InChI=1S/C19H24N2O6S/c1-27-18(23)17-15(12-3-6-14(7-4-12)28(2,25)26)11-13-5-8-16(17)21(13)19(24)20-9-10-22/h3-4,6-7,13,16,22H,5,8-11H2,1-2H3,(H,20,24)/t13-,16+/m0/s1. The number of amides is 2. The first-order valence-corrected chi connectivity index (χ1v) is 11.0. The molecule has 2 heterocycles. The van der Waals surface area contributed by atoms with Crippen LogP contribution in [0.15, 0.2) is 34.7 Å². The number of urea groups is 1. The summed E-state index contributed by atoms with van der Waals surface area (Å²) in [6, 6.07) is 5.64. The molecule has 0 unspecified atom stereocenters. The lowest BCUT2D eigenvalue weighted by molar-refractivity contribution is -0.136. The second-order valence-electron chi connectivity index (χ2n) is 6.99. The van der Waals surface area contributed by atoms with Crippen molar-refractivity contribution in [1.82, 2.24) is 10.2 Å². The maximum atomic E-state index is 12.6. The Kier molecular flexibility index (Phi) is 5.76. The van der Waals surface area contributed by atoms with Crippen molar-refractivity contribution in [3.05, 3.63) is 35.4 Å². The molecule has 2 bridgehead atoms. The van der Waals surface area contributed by atoms with Crippen molar-refractivity contribution < 1.29 is 27.9 Å². The van der Waals surface area contributed by atoms with Crippen molar-refractivity contribution in [2.45, 2.75) is 36.2 Å². The van der Waals surface area contributed by atoms with Gasteiger partial charge in [0.1, 0.15) is 0 Å². The molecule has 3 rings (SSSR count). The first-order chi connectivity index (χ1) is 13.3. The van der Waals surface area contributed by atoms with Gasteiger partial charge in [-0.2, -0.15) is 0 Å². The van der Waals surface area contributed by atoms with E-state index < -0.39 is 21.8 Å². The van der Waals surface area contributed by atoms with E-state index >= 15 is 0 Å². The normalized spacial score (nSPS) is 21.6. The Balaban J connectivity index is 2.01. The smallest absolute Gasteiger partial charge is 0.336 e. The van der Waals surface area contributed by atoms with Crippen molar-refractivity contribution in [1.29, 1.82) is 0 Å². The van der Waals surface area contributed by atoms with E-state index in [1.807, 2.05) is 0 Å². The minimum atomic E-state index is -3.31. The van der Waals surface area contributed by atoms with Crippen LogP contribution in [0.4, 0.5) is 4.79 Å². The number of aliphatic hydroxyl groups excluding tert-OH is 1. The maximum absolute atomic E-state index is 12.6. The fourth-order valence-electron chi connectivity index (χ4n) is 4.02. The molecule has 0 radical (unpaired) electrons. The average Bonchev–Trinajstić information content (AvgIpc) is 2.98. The number of carbonyl (C=O) groups excluding carboxylic acids is 2. The van der Waals surface area contributed by atoms with Crippen LogP contribution in [0.25, 0.3) is 5.57 Å². The third-order valence-corrected chi connectivity index (χ3v) is 6.39. The molecule has 0 aliphatic carbocycles. The topological polar surface area (TPSA) is 113 Å². The zero-order valence-electron chi connectivity index (χ0n) is 15.8. The number of hydrogen-bond donors (Lipinski definition) is 2. The number of esters is 1. The molecule has 2 amide bonds. The summed E-state index contributed by atoms with van der Waals surface area (Å²) < 4.78 is 28.4. The number of methoxy groups -OCH3 is 1. The molecule has 28 heavy (non-hydrogen) atoms. The molecule has 9 heteroatoms. The number of aliphatic hydroxyl groups is 1. The van der Waals surface area contributed by atoms with E-state index in [0.717, 1.165) is 23.8 Å². The molecule has 2 aliphatic heterocycles. The van der Waals surface area contributed by atoms with Crippen molar-refractivity contribution in [3.63, 3.8) is 0 Å². The largest absolute Gasteiger partial charge is 0.466 e. The van der Waals surface area contributed by atoms with Crippen LogP contribution >= 0.6 is 0 Å². The second kappa shape index (κ2) is 7.92. The highest BCUT2D eigenvalue weighted by atomic mass is 32.2. The highest BCUT2D eigenvalue weighted by Crippen LogP contribution is 2.43. The van der Waals surface area contributed by atoms with Gasteiger partial charge in [0.2, 0.25) is 0 Å². The molecule has 2 atom stereocenters. The summed E-state index contributed by atoms with van der Waals surface area (Å²) in [5.74, 6) is -0.493. The number of rotatable bonds is 5. The van der Waals surface area contributed by atoms with Crippen LogP contribution in [0.3, 0.4) is 0 Å². The number of carbonyl (C=O) groups is 2. The summed E-state index contributed by atoms with van der Waals surface area (Å²) in [6.45, 7) is -0.0155. The third kappa shape index (κ3) is 3.77. The van der Waals surface area contributed by atoms with Gasteiger partial charge in [0.05, 0.1) is 30.2 Å². The fraction of sp³-hybridized carbons (Fsp3) is 0.474. The van der Waals surface area contributed by atoms with Crippen LogP contribution in [-0.4, -0.2) is 69.0 Å². The van der Waals surface area contributed by atoms with E-state index in [1.165, 1.54) is 19.2 Å². The van der Waals surface area contributed by atoms with Crippen LogP contribution in [0, 0.1) is 0 Å². The lowest BCUT2D eigenvalue weighted by atomic mass is 9.88. The lowest BCUT2D eigenvalue weighted by Crippen LogP contribution is -2.51. The van der Waals surface area contributed by atoms with Gasteiger partial charge >= 0.3 is 12.0 Å². The Morgan fingerprint density at radius 2 is 1.93 bits per heavy atom. The van der Waals surface area contributed by atoms with Crippen LogP contribution in [-0.2, 0) is 19.4 Å². The van der Waals surface area contributed by atoms with Gasteiger partial charge in [-0.05, 0) is 42.5 Å². The number of hydrogen-bond acceptors (Lipinski definition) is 6. The van der Waals surface area contributed by atoms with Crippen molar-refractivity contribution in [2.24, 2.45) is 0 Å². The minimum Gasteiger partial charge on any atom is -0.466 e. The zero-order chi connectivity index (χ0) is 20.5. The zero-order valence-corrected chi connectivity index (χ0v) is 16.7. The summed E-state index contributed by atoms with van der Waals surface area (Å²) in [5, 5.41) is 11.6. The predicted molar refractivity (Wildman–Crippen MR) is 102 cm³/mol. The molecule has 8 nitrogen and oxygen atoms in total. The van der Waals surface area contributed by atoms with E-state index in [4.69, 9.17) is 9.84 Å². The monoisotopic (exact) mass is 408 g/mol. The van der Waals surface area contributed by atoms with Gasteiger partial charge in [0, 0.05) is 18.8 Å². The van der Waals surface area contributed by atoms with E-state index in [1.54, 1.807) is 17.0 Å². The van der Waals surface area contributed by atoms with Crippen LogP contribution in [0.5, 0.6) is 0 Å². The van der Waals surface area contributed by atoms with Crippen LogP contribution in [0.2, 0.25) is 0 Å². The summed E-state index contributed by atoms with van der Waals surface area (Å²) in [7, 11) is -2.01. The molecule has 1 saturated heterocycles. The lowest BCUT2D eigenvalue weighted by Gasteiger charge is -2.37. The Labute approximate surface area is 164 Å². The van der Waals surface area contributed by atoms with Gasteiger partial charge in [-0.1, -0.05) is 12.1 Å². The Morgan fingerprint density at radius 3 is 2.50 bits per heavy atom. The van der Waals surface area contributed by atoms with E-state index in [0.29, 0.717) is 18.4 Å². The predicted octanol–water partition coefficient (Wildman–Crippen LogP) is 0.955. The van der Waals surface area contributed by atoms with Gasteiger partial charge in [-0.15, -0.1) is 0 Å². The van der Waals surface area contributed by atoms with Crippen molar-refractivity contribution in [2.75, 3.05) is 26.5 Å². The molecular formula is C19H24N2O6S. The number of nitrogens with zero attached hydrogens (tertiary/aromatic N) is 1. The summed E-state index contributed by atoms with van der Waals surface area (Å²) in [5.41, 5.74) is 1.97. The van der Waals surface area contributed by atoms with Crippen LogP contribution in [0.1, 0.15) is 24.8 Å². The summed E-state index contributed by atoms with van der Waals surface area (Å²) in [4.78, 5) is 27.0. The van der Waals surface area contributed by atoms with Crippen molar-refractivity contribution in [3.8, 4) is 0 Å². The highest BCUT2D eigenvalue weighted by molar-refractivity contribution is 7.90. The molecule has 0 saturated carbocycles. The number of fused-ring (bicyclic) bond motifs is 2. The first-order valence-electron chi connectivity index (χ1n) is 9.06. The quantitative estimate of drug-likeness (QED) is 0.702. The van der Waals surface area contributed by atoms with Gasteiger partial charge in [-0.25, -0.2) is 18.0 Å². The number of nitrogens with one attached hydrogen (secondary N) is 1. The van der Waals surface area contributed by atoms with E-state index in [-0.39, 0.29) is 30.1 Å². The Hall–Kier alpha value is -2.39. The molecule has 1 aromatic carbocycles. The Bertz CT molecular complexity index is 907. The van der Waals surface area contributed by atoms with Gasteiger partial charge in [0.15, 0.2) is 9.84 Å². The van der Waals surface area contributed by atoms with E-state index in [2.05, 4.69) is 5.32 Å². The molecule has 2 aliphatic rings. The first kappa shape index (κ1) is 20.3. The fourth-order valence-corrected chi connectivity index (χ4v) is 4.65. The molecule has 0 spiro atoms. The molecule has 152 valence electrons. The summed E-state index contributed by atoms with van der Waals surface area (Å²) in [6.07, 6.45) is 3.02. The third-order valence-electron chi connectivity index (χ3n) is 5.26. The highest BCUT2D eigenvalue weighted by Gasteiger charge is 2.46. The molecule has 1 aromatic rings. The molecule has 2 N–H and O–H groups in total. The second-order valence-corrected chi connectivity index (χ2v) is 9.01. The SMILES string of the molecule is COC(=O)C1=C(c2ccc(S(C)(=O)=O)cc2)C[C@@H]2CC[C@H]1N2C(=O)NCCO. The van der Waals surface area contributed by atoms with E-state index in [9.17, 15) is 18.0 Å². The molecule has 0 aromatic heterocycles. The van der Waals surface area contributed by atoms with Crippen molar-refractivity contribution >= 4 is 27.4 Å². The average molecular weight is 408 g/mol. The molecule has 1 fully saturated rings. The minimum absolute atomic E-state index is 0.0679. The van der Waals surface area contributed by atoms with Gasteiger partial charge in [0.25, 0.3) is 0 Å². The summed E-state index contributed by atoms with van der Waals surface area (Å²) >= 11 is 0. The van der Waals surface area contributed by atoms with Gasteiger partial charge in [-0.3, -0.25) is 0 Å². The van der Waals surface area contributed by atoms with Crippen LogP contribution < -0.4 is 5.32 Å². The number of benzene rings is 1. The van der Waals surface area contributed by atoms with Gasteiger partial charge < -0.3 is 20.1 Å².